The largest absolute Gasteiger partial charge is 0.481 e. The highest BCUT2D eigenvalue weighted by Gasteiger charge is 2.19. The zero-order chi connectivity index (χ0) is 13.4. The van der Waals surface area contributed by atoms with Crippen molar-refractivity contribution in [3.8, 4) is 0 Å². The van der Waals surface area contributed by atoms with Crippen LogP contribution in [0.5, 0.6) is 0 Å². The number of hydrogen-bond acceptors (Lipinski definition) is 3. The van der Waals surface area contributed by atoms with E-state index in [2.05, 4.69) is 5.32 Å². The Kier molecular flexibility index (Phi) is 3.12. The molecule has 0 saturated carbocycles. The van der Waals surface area contributed by atoms with Crippen molar-refractivity contribution in [2.24, 2.45) is 0 Å². The first-order valence-electron chi connectivity index (χ1n) is 5.71. The summed E-state index contributed by atoms with van der Waals surface area (Å²) in [5.41, 5.74) is 2.63. The van der Waals surface area contributed by atoms with Gasteiger partial charge in [0.05, 0.1) is 17.8 Å². The Balaban J connectivity index is 2.04. The Morgan fingerprint density at radius 3 is 2.89 bits per heavy atom. The number of para-hydroxylation sites is 1. The van der Waals surface area contributed by atoms with Crippen LogP contribution in [0.1, 0.15) is 5.56 Å². The smallest absolute Gasteiger partial charge is 0.307 e. The lowest BCUT2D eigenvalue weighted by molar-refractivity contribution is -0.136. The van der Waals surface area contributed by atoms with Crippen LogP contribution in [0.15, 0.2) is 46.2 Å². The van der Waals surface area contributed by atoms with E-state index in [1.165, 1.54) is 0 Å². The molecule has 1 aliphatic rings. The van der Waals surface area contributed by atoms with E-state index in [1.54, 1.807) is 11.8 Å². The Labute approximate surface area is 119 Å². The summed E-state index contributed by atoms with van der Waals surface area (Å²) in [5, 5.41) is 12.9. The maximum atomic E-state index is 10.9. The number of carboxylic acid groups (broad SMARTS) is 1. The molecule has 0 atom stereocenters. The highest BCUT2D eigenvalue weighted by molar-refractivity contribution is 7.99. The molecule has 0 aromatic heterocycles. The average Bonchev–Trinajstić information content (AvgIpc) is 2.36. The summed E-state index contributed by atoms with van der Waals surface area (Å²) in [6.07, 6.45) is 0.0135. The second-order valence-electron chi connectivity index (χ2n) is 4.23. The highest BCUT2D eigenvalue weighted by Crippen LogP contribution is 2.46. The van der Waals surface area contributed by atoms with E-state index in [9.17, 15) is 4.79 Å². The van der Waals surface area contributed by atoms with E-state index >= 15 is 0 Å². The van der Waals surface area contributed by atoms with E-state index in [0.717, 1.165) is 26.7 Å². The lowest BCUT2D eigenvalue weighted by Gasteiger charge is -2.23. The van der Waals surface area contributed by atoms with Gasteiger partial charge in [-0.3, -0.25) is 4.79 Å². The third-order valence-corrected chi connectivity index (χ3v) is 4.23. The van der Waals surface area contributed by atoms with Gasteiger partial charge in [-0.25, -0.2) is 0 Å². The molecule has 1 heterocycles. The molecule has 96 valence electrons. The van der Waals surface area contributed by atoms with Gasteiger partial charge in [-0.2, -0.15) is 0 Å². The van der Waals surface area contributed by atoms with Crippen LogP contribution >= 0.6 is 23.4 Å². The van der Waals surface area contributed by atoms with Gasteiger partial charge < -0.3 is 10.4 Å². The first-order chi connectivity index (χ1) is 9.13. The normalized spacial score (nSPS) is 12.3. The molecule has 0 radical (unpaired) electrons. The number of anilines is 2. The maximum Gasteiger partial charge on any atom is 0.307 e. The van der Waals surface area contributed by atoms with E-state index in [4.69, 9.17) is 16.7 Å². The minimum atomic E-state index is -0.831. The average molecular weight is 292 g/mol. The first-order valence-corrected chi connectivity index (χ1v) is 6.91. The van der Waals surface area contributed by atoms with Crippen LogP contribution in [-0.4, -0.2) is 11.1 Å². The quantitative estimate of drug-likeness (QED) is 0.744. The molecular formula is C14H10ClNO2S. The lowest BCUT2D eigenvalue weighted by atomic mass is 10.1. The summed E-state index contributed by atoms with van der Waals surface area (Å²) in [6.45, 7) is 0. The summed E-state index contributed by atoms with van der Waals surface area (Å²) >= 11 is 7.58. The van der Waals surface area contributed by atoms with E-state index in [-0.39, 0.29) is 6.42 Å². The molecule has 0 amide bonds. The molecule has 2 N–H and O–H groups in total. The Morgan fingerprint density at radius 1 is 1.26 bits per heavy atom. The second kappa shape index (κ2) is 4.79. The molecule has 3 nitrogen and oxygen atoms in total. The first kappa shape index (κ1) is 12.4. The molecule has 2 aromatic rings. The molecule has 0 unspecified atom stereocenters. The molecule has 0 bridgehead atoms. The van der Waals surface area contributed by atoms with Crippen molar-refractivity contribution >= 4 is 40.7 Å². The van der Waals surface area contributed by atoms with E-state index in [1.807, 2.05) is 36.4 Å². The molecule has 0 saturated heterocycles. The number of fused-ring (bicyclic) bond motifs is 2. The van der Waals surface area contributed by atoms with Gasteiger partial charge in [-0.15, -0.1) is 0 Å². The minimum absolute atomic E-state index is 0.0135. The molecule has 19 heavy (non-hydrogen) atoms. The molecule has 2 aromatic carbocycles. The van der Waals surface area contributed by atoms with Crippen LogP contribution in [0.2, 0.25) is 5.02 Å². The van der Waals surface area contributed by atoms with Crippen LogP contribution in [-0.2, 0) is 11.2 Å². The van der Waals surface area contributed by atoms with Crippen molar-refractivity contribution in [1.29, 1.82) is 0 Å². The number of aliphatic carboxylic acids is 1. The van der Waals surface area contributed by atoms with Gasteiger partial charge in [0, 0.05) is 14.8 Å². The summed E-state index contributed by atoms with van der Waals surface area (Å²) in [4.78, 5) is 13.0. The van der Waals surface area contributed by atoms with E-state index < -0.39 is 5.97 Å². The van der Waals surface area contributed by atoms with Crippen LogP contribution in [0.3, 0.4) is 0 Å². The van der Waals surface area contributed by atoms with Crippen molar-refractivity contribution in [1.82, 2.24) is 0 Å². The van der Waals surface area contributed by atoms with Gasteiger partial charge in [0.25, 0.3) is 0 Å². The van der Waals surface area contributed by atoms with Gasteiger partial charge in [-0.05, 0) is 29.8 Å². The lowest BCUT2D eigenvalue weighted by Crippen LogP contribution is -2.07. The van der Waals surface area contributed by atoms with Crippen molar-refractivity contribution < 1.29 is 9.90 Å². The van der Waals surface area contributed by atoms with Gasteiger partial charge in [0.2, 0.25) is 0 Å². The Morgan fingerprint density at radius 2 is 2.11 bits per heavy atom. The molecule has 0 fully saturated rings. The van der Waals surface area contributed by atoms with Gasteiger partial charge >= 0.3 is 5.97 Å². The fraction of sp³-hybridized carbons (Fsp3) is 0.0714. The highest BCUT2D eigenvalue weighted by atomic mass is 35.5. The number of hydrogen-bond donors (Lipinski definition) is 2. The summed E-state index contributed by atoms with van der Waals surface area (Å²) < 4.78 is 0. The third-order valence-electron chi connectivity index (χ3n) is 2.88. The van der Waals surface area contributed by atoms with Crippen molar-refractivity contribution in [2.75, 3.05) is 5.32 Å². The number of carbonyl (C=O) groups is 1. The Hall–Kier alpha value is -1.65. The maximum absolute atomic E-state index is 10.9. The van der Waals surface area contributed by atoms with Crippen molar-refractivity contribution in [3.63, 3.8) is 0 Å². The monoisotopic (exact) mass is 291 g/mol. The number of nitrogens with one attached hydrogen (secondary N) is 1. The predicted molar refractivity (Wildman–Crippen MR) is 76.6 cm³/mol. The molecule has 5 heteroatoms. The van der Waals surface area contributed by atoms with Crippen LogP contribution < -0.4 is 5.32 Å². The number of benzene rings is 2. The second-order valence-corrected chi connectivity index (χ2v) is 5.75. The number of halogens is 1. The van der Waals surface area contributed by atoms with Crippen LogP contribution in [0.4, 0.5) is 11.4 Å². The fourth-order valence-corrected chi connectivity index (χ4v) is 3.37. The summed E-state index contributed by atoms with van der Waals surface area (Å²) in [6, 6.07) is 11.3. The topological polar surface area (TPSA) is 49.3 Å². The van der Waals surface area contributed by atoms with Crippen LogP contribution in [0, 0.1) is 0 Å². The summed E-state index contributed by atoms with van der Waals surface area (Å²) in [5.74, 6) is -0.831. The number of rotatable bonds is 2. The molecule has 1 aliphatic heterocycles. The summed E-state index contributed by atoms with van der Waals surface area (Å²) in [7, 11) is 0. The van der Waals surface area contributed by atoms with Crippen molar-refractivity contribution in [3.05, 3.63) is 47.0 Å². The standard InChI is InChI=1S/C14H10ClNO2S/c15-9-4-5-10-12(7-9)19-11-3-1-2-8(6-13(17)18)14(11)16-10/h1-5,7,16H,6H2,(H,17,18). The van der Waals surface area contributed by atoms with E-state index in [0.29, 0.717) is 5.02 Å². The van der Waals surface area contributed by atoms with Gasteiger partial charge in [0.15, 0.2) is 0 Å². The van der Waals surface area contributed by atoms with Gasteiger partial charge in [0.1, 0.15) is 0 Å². The zero-order valence-electron chi connectivity index (χ0n) is 9.81. The number of carboxylic acids is 1. The molecule has 3 rings (SSSR count). The molecule has 0 aliphatic carbocycles. The predicted octanol–water partition coefficient (Wildman–Crippen LogP) is 4.18. The van der Waals surface area contributed by atoms with Crippen molar-refractivity contribution in [2.45, 2.75) is 16.2 Å². The Bertz CT molecular complexity index is 672. The SMILES string of the molecule is O=C(O)Cc1cccc2c1Nc1ccc(Cl)cc1S2. The van der Waals surface area contributed by atoms with Gasteiger partial charge in [-0.1, -0.05) is 35.5 Å². The third kappa shape index (κ3) is 2.41. The zero-order valence-corrected chi connectivity index (χ0v) is 11.4. The van der Waals surface area contributed by atoms with Crippen LogP contribution in [0.25, 0.3) is 0 Å². The molecular weight excluding hydrogens is 282 g/mol. The minimum Gasteiger partial charge on any atom is -0.481 e. The fourth-order valence-electron chi connectivity index (χ4n) is 2.05. The molecule has 0 spiro atoms.